The number of amides is 1. The first-order valence-electron chi connectivity index (χ1n) is 6.68. The third kappa shape index (κ3) is 3.23. The number of fused-ring (bicyclic) bond motifs is 1. The summed E-state index contributed by atoms with van der Waals surface area (Å²) in [7, 11) is 0. The van der Waals surface area contributed by atoms with E-state index in [9.17, 15) is 4.79 Å². The Hall–Kier alpha value is -1.30. The smallest absolute Gasteiger partial charge is 0.240 e. The molecule has 2 heterocycles. The van der Waals surface area contributed by atoms with Crippen LogP contribution in [0.5, 0.6) is 5.75 Å². The standard InChI is InChI=1S/C14H18N2O3.ClH/c17-14(12-9-18-8-6-15-12)16-11-5-7-19-13-4-2-1-3-10(11)13;/h1-4,11-12,15H,5-9H2,(H,16,17);1H. The number of halogens is 1. The number of hydrogen-bond acceptors (Lipinski definition) is 4. The average Bonchev–Trinajstić information content (AvgIpc) is 2.48. The van der Waals surface area contributed by atoms with Gasteiger partial charge in [0.05, 0.1) is 25.9 Å². The van der Waals surface area contributed by atoms with Crippen LogP contribution in [0.25, 0.3) is 0 Å². The van der Waals surface area contributed by atoms with Crippen molar-refractivity contribution in [3.05, 3.63) is 29.8 Å². The quantitative estimate of drug-likeness (QED) is 0.856. The van der Waals surface area contributed by atoms with Crippen LogP contribution in [0.4, 0.5) is 0 Å². The summed E-state index contributed by atoms with van der Waals surface area (Å²) in [6.45, 7) is 2.47. The van der Waals surface area contributed by atoms with Gasteiger partial charge >= 0.3 is 0 Å². The van der Waals surface area contributed by atoms with Crippen molar-refractivity contribution >= 4 is 18.3 Å². The van der Waals surface area contributed by atoms with E-state index in [0.29, 0.717) is 19.8 Å². The van der Waals surface area contributed by atoms with Gasteiger partial charge < -0.3 is 20.1 Å². The Morgan fingerprint density at radius 3 is 2.95 bits per heavy atom. The highest BCUT2D eigenvalue weighted by Crippen LogP contribution is 2.31. The second kappa shape index (κ2) is 6.92. The van der Waals surface area contributed by atoms with Gasteiger partial charge in [0.2, 0.25) is 5.91 Å². The molecule has 1 aromatic carbocycles. The number of rotatable bonds is 2. The van der Waals surface area contributed by atoms with Gasteiger partial charge in [0.25, 0.3) is 0 Å². The van der Waals surface area contributed by atoms with Crippen LogP contribution in [0.15, 0.2) is 24.3 Å². The van der Waals surface area contributed by atoms with E-state index in [0.717, 1.165) is 24.3 Å². The molecule has 0 aromatic heterocycles. The molecule has 0 spiro atoms. The van der Waals surface area contributed by atoms with Crippen molar-refractivity contribution < 1.29 is 14.3 Å². The van der Waals surface area contributed by atoms with Gasteiger partial charge in [0.1, 0.15) is 11.8 Å². The summed E-state index contributed by atoms with van der Waals surface area (Å²) < 4.78 is 10.9. The number of ether oxygens (including phenoxy) is 2. The lowest BCUT2D eigenvalue weighted by molar-refractivity contribution is -0.126. The fourth-order valence-electron chi connectivity index (χ4n) is 2.50. The van der Waals surface area contributed by atoms with E-state index >= 15 is 0 Å². The van der Waals surface area contributed by atoms with Gasteiger partial charge in [-0.3, -0.25) is 4.79 Å². The highest BCUT2D eigenvalue weighted by atomic mass is 35.5. The molecule has 0 bridgehead atoms. The van der Waals surface area contributed by atoms with Crippen LogP contribution in [0, 0.1) is 0 Å². The van der Waals surface area contributed by atoms with E-state index in [1.54, 1.807) is 0 Å². The summed E-state index contributed by atoms with van der Waals surface area (Å²) in [5, 5.41) is 6.25. The van der Waals surface area contributed by atoms with E-state index < -0.39 is 0 Å². The zero-order valence-electron chi connectivity index (χ0n) is 11.1. The van der Waals surface area contributed by atoms with Crippen LogP contribution in [0.3, 0.4) is 0 Å². The van der Waals surface area contributed by atoms with Crippen LogP contribution in [0.1, 0.15) is 18.0 Å². The monoisotopic (exact) mass is 298 g/mol. The number of carbonyl (C=O) groups excluding carboxylic acids is 1. The Labute approximate surface area is 124 Å². The molecule has 20 heavy (non-hydrogen) atoms. The molecule has 1 saturated heterocycles. The fourth-order valence-corrected chi connectivity index (χ4v) is 2.50. The average molecular weight is 299 g/mol. The largest absolute Gasteiger partial charge is 0.493 e. The molecular formula is C14H19ClN2O3. The van der Waals surface area contributed by atoms with E-state index in [2.05, 4.69) is 10.6 Å². The third-order valence-electron chi connectivity index (χ3n) is 3.51. The Morgan fingerprint density at radius 1 is 1.30 bits per heavy atom. The summed E-state index contributed by atoms with van der Waals surface area (Å²) >= 11 is 0. The molecule has 2 atom stereocenters. The van der Waals surface area contributed by atoms with Crippen LogP contribution in [0.2, 0.25) is 0 Å². The molecule has 0 saturated carbocycles. The molecule has 1 aromatic rings. The maximum Gasteiger partial charge on any atom is 0.240 e. The number of benzene rings is 1. The van der Waals surface area contributed by atoms with Crippen LogP contribution in [-0.2, 0) is 9.53 Å². The molecule has 2 aliphatic heterocycles. The second-order valence-corrected chi connectivity index (χ2v) is 4.82. The number of para-hydroxylation sites is 1. The first-order chi connectivity index (χ1) is 9.34. The summed E-state index contributed by atoms with van der Waals surface area (Å²) in [6, 6.07) is 7.64. The molecule has 0 aliphatic carbocycles. The lowest BCUT2D eigenvalue weighted by atomic mass is 10.00. The van der Waals surface area contributed by atoms with Gasteiger partial charge in [0, 0.05) is 18.5 Å². The van der Waals surface area contributed by atoms with Crippen molar-refractivity contribution in [2.45, 2.75) is 18.5 Å². The van der Waals surface area contributed by atoms with Gasteiger partial charge in [-0.1, -0.05) is 18.2 Å². The zero-order valence-corrected chi connectivity index (χ0v) is 11.9. The minimum atomic E-state index is -0.247. The van der Waals surface area contributed by atoms with Crippen molar-refractivity contribution in [1.82, 2.24) is 10.6 Å². The van der Waals surface area contributed by atoms with Gasteiger partial charge in [-0.05, 0) is 6.07 Å². The maximum absolute atomic E-state index is 12.2. The lowest BCUT2D eigenvalue weighted by Gasteiger charge is -2.29. The molecule has 5 nitrogen and oxygen atoms in total. The summed E-state index contributed by atoms with van der Waals surface area (Å²) in [5.41, 5.74) is 1.05. The van der Waals surface area contributed by atoms with Gasteiger partial charge in [-0.25, -0.2) is 0 Å². The fraction of sp³-hybridized carbons (Fsp3) is 0.500. The number of morpholine rings is 1. The Morgan fingerprint density at radius 2 is 2.15 bits per heavy atom. The summed E-state index contributed by atoms with van der Waals surface area (Å²) in [4.78, 5) is 12.2. The lowest BCUT2D eigenvalue weighted by Crippen LogP contribution is -2.52. The Balaban J connectivity index is 0.00000147. The normalized spacial score (nSPS) is 24.8. The summed E-state index contributed by atoms with van der Waals surface area (Å²) in [5.74, 6) is 0.869. The van der Waals surface area contributed by atoms with Crippen LogP contribution < -0.4 is 15.4 Å². The maximum atomic E-state index is 12.2. The second-order valence-electron chi connectivity index (χ2n) is 4.82. The Bertz CT molecular complexity index is 463. The third-order valence-corrected chi connectivity index (χ3v) is 3.51. The molecule has 0 radical (unpaired) electrons. The molecule has 110 valence electrons. The van der Waals surface area contributed by atoms with Crippen molar-refractivity contribution in [1.29, 1.82) is 0 Å². The number of nitrogens with one attached hydrogen (secondary N) is 2. The first-order valence-corrected chi connectivity index (χ1v) is 6.68. The van der Waals surface area contributed by atoms with Gasteiger partial charge in [-0.15, -0.1) is 12.4 Å². The van der Waals surface area contributed by atoms with Gasteiger partial charge in [-0.2, -0.15) is 0 Å². The predicted octanol–water partition coefficient (Wildman–Crippen LogP) is 1.04. The highest BCUT2D eigenvalue weighted by Gasteiger charge is 2.27. The zero-order chi connectivity index (χ0) is 13.1. The Kier molecular flexibility index (Phi) is 5.23. The molecule has 1 amide bonds. The molecule has 1 fully saturated rings. The molecule has 2 N–H and O–H groups in total. The van der Waals surface area contributed by atoms with Gasteiger partial charge in [0.15, 0.2) is 0 Å². The summed E-state index contributed by atoms with van der Waals surface area (Å²) in [6.07, 6.45) is 0.802. The first kappa shape index (κ1) is 15.1. The van der Waals surface area contributed by atoms with Crippen LogP contribution >= 0.6 is 12.4 Å². The molecular weight excluding hydrogens is 280 g/mol. The van der Waals surface area contributed by atoms with E-state index in [1.165, 1.54) is 0 Å². The highest BCUT2D eigenvalue weighted by molar-refractivity contribution is 5.85. The van der Waals surface area contributed by atoms with Crippen molar-refractivity contribution in [3.63, 3.8) is 0 Å². The topological polar surface area (TPSA) is 59.6 Å². The minimum Gasteiger partial charge on any atom is -0.493 e. The van der Waals surface area contributed by atoms with E-state index in [-0.39, 0.29) is 30.4 Å². The van der Waals surface area contributed by atoms with Crippen molar-refractivity contribution in [2.75, 3.05) is 26.4 Å². The van der Waals surface area contributed by atoms with Crippen LogP contribution in [-0.4, -0.2) is 38.3 Å². The van der Waals surface area contributed by atoms with E-state index in [4.69, 9.17) is 9.47 Å². The SMILES string of the molecule is Cl.O=C(NC1CCOc2ccccc21)C1COCCN1. The molecule has 2 unspecified atom stereocenters. The molecule has 3 rings (SSSR count). The van der Waals surface area contributed by atoms with E-state index in [1.807, 2.05) is 24.3 Å². The number of hydrogen-bond donors (Lipinski definition) is 2. The minimum absolute atomic E-state index is 0. The number of carbonyl (C=O) groups is 1. The predicted molar refractivity (Wildman–Crippen MR) is 77.3 cm³/mol. The molecule has 6 heteroatoms. The molecule has 2 aliphatic rings. The van der Waals surface area contributed by atoms with Crippen molar-refractivity contribution in [2.24, 2.45) is 0 Å². The van der Waals surface area contributed by atoms with Crippen molar-refractivity contribution in [3.8, 4) is 5.75 Å².